The van der Waals surface area contributed by atoms with Gasteiger partial charge in [0.2, 0.25) is 5.88 Å². The number of methoxy groups -OCH3 is 1. The maximum absolute atomic E-state index is 16.0. The van der Waals surface area contributed by atoms with Gasteiger partial charge in [0.05, 0.1) is 32.8 Å². The average molecular weight is 634 g/mol. The molecule has 0 spiro atoms. The Morgan fingerprint density at radius 1 is 1.26 bits per heavy atom. The summed E-state index contributed by atoms with van der Waals surface area (Å²) in [5.74, 6) is -1.06. The first-order valence-electron chi connectivity index (χ1n) is 13.9. The van der Waals surface area contributed by atoms with Crippen molar-refractivity contribution >= 4 is 30.8 Å². The SMILES string of the molecule is CCOC(=O)COP(=O)(N[C@@H](CC(C)C)C(=O)OC(C)C)OC[C@H]1O[C@@H](n2cnc3c(OC)nc(C)nc32)[C@@](C)(F)C1O. The van der Waals surface area contributed by atoms with Gasteiger partial charge in [-0.15, -0.1) is 0 Å². The van der Waals surface area contributed by atoms with Gasteiger partial charge in [-0.3, -0.25) is 18.4 Å². The van der Waals surface area contributed by atoms with Crippen LogP contribution in [-0.2, 0) is 37.4 Å². The van der Waals surface area contributed by atoms with E-state index in [1.54, 1.807) is 27.7 Å². The fraction of sp³-hybridized carbons (Fsp3) is 0.731. The van der Waals surface area contributed by atoms with Crippen molar-refractivity contribution in [2.75, 3.05) is 26.9 Å². The van der Waals surface area contributed by atoms with E-state index in [-0.39, 0.29) is 36.0 Å². The van der Waals surface area contributed by atoms with Crippen molar-refractivity contribution in [2.24, 2.45) is 5.92 Å². The van der Waals surface area contributed by atoms with Crippen LogP contribution in [0.5, 0.6) is 5.88 Å². The van der Waals surface area contributed by atoms with Gasteiger partial charge in [0.25, 0.3) is 0 Å². The molecule has 0 aromatic carbocycles. The molecule has 3 rings (SSSR count). The van der Waals surface area contributed by atoms with Crippen molar-refractivity contribution < 1.29 is 51.6 Å². The largest absolute Gasteiger partial charge is 0.479 e. The Morgan fingerprint density at radius 2 is 1.95 bits per heavy atom. The summed E-state index contributed by atoms with van der Waals surface area (Å²) >= 11 is 0. The van der Waals surface area contributed by atoms with E-state index in [2.05, 4.69) is 20.0 Å². The topological polar surface area (TPSA) is 182 Å². The molecule has 6 atom stereocenters. The van der Waals surface area contributed by atoms with Crippen molar-refractivity contribution in [1.82, 2.24) is 24.6 Å². The van der Waals surface area contributed by atoms with E-state index in [0.29, 0.717) is 5.82 Å². The molecule has 15 nitrogen and oxygen atoms in total. The molecule has 2 aromatic rings. The Hall–Kier alpha value is -2.75. The number of alkyl halides is 1. The summed E-state index contributed by atoms with van der Waals surface area (Å²) in [6.45, 7) is 9.98. The summed E-state index contributed by atoms with van der Waals surface area (Å²) in [5, 5.41) is 13.5. The minimum atomic E-state index is -4.49. The first-order chi connectivity index (χ1) is 20.1. The monoisotopic (exact) mass is 633 g/mol. The maximum atomic E-state index is 16.0. The molecule has 43 heavy (non-hydrogen) atoms. The van der Waals surface area contributed by atoms with Gasteiger partial charge >= 0.3 is 19.7 Å². The third-order valence-electron chi connectivity index (χ3n) is 6.39. The highest BCUT2D eigenvalue weighted by molar-refractivity contribution is 7.51. The van der Waals surface area contributed by atoms with E-state index in [9.17, 15) is 19.3 Å². The van der Waals surface area contributed by atoms with Crippen molar-refractivity contribution in [1.29, 1.82) is 0 Å². The van der Waals surface area contributed by atoms with E-state index < -0.39 is 69.1 Å². The molecule has 1 fully saturated rings. The molecule has 17 heteroatoms. The van der Waals surface area contributed by atoms with Gasteiger partial charge < -0.3 is 24.1 Å². The molecule has 0 radical (unpaired) electrons. The Morgan fingerprint density at radius 3 is 2.56 bits per heavy atom. The lowest BCUT2D eigenvalue weighted by molar-refractivity contribution is -0.150. The number of hydrogen-bond acceptors (Lipinski definition) is 13. The van der Waals surface area contributed by atoms with Crippen LogP contribution in [0.3, 0.4) is 0 Å². The van der Waals surface area contributed by atoms with Crippen molar-refractivity contribution in [2.45, 2.75) is 91.1 Å². The number of carbonyl (C=O) groups is 2. The average Bonchev–Trinajstić information content (AvgIpc) is 3.42. The van der Waals surface area contributed by atoms with Gasteiger partial charge in [0.15, 0.2) is 29.7 Å². The lowest BCUT2D eigenvalue weighted by Gasteiger charge is -2.27. The zero-order valence-electron chi connectivity index (χ0n) is 25.6. The molecule has 1 aliphatic heterocycles. The van der Waals surface area contributed by atoms with Crippen molar-refractivity contribution in [3.8, 4) is 5.88 Å². The van der Waals surface area contributed by atoms with Crippen LogP contribution in [0, 0.1) is 12.8 Å². The zero-order chi connectivity index (χ0) is 32.1. The number of rotatable bonds is 15. The van der Waals surface area contributed by atoms with Crippen molar-refractivity contribution in [3.05, 3.63) is 12.2 Å². The van der Waals surface area contributed by atoms with E-state index in [4.69, 9.17) is 28.0 Å². The van der Waals surface area contributed by atoms with Crippen LogP contribution in [0.2, 0.25) is 0 Å². The highest BCUT2D eigenvalue weighted by Gasteiger charge is 2.56. The number of hydrogen-bond donors (Lipinski definition) is 2. The van der Waals surface area contributed by atoms with Crippen LogP contribution in [-0.4, -0.2) is 93.5 Å². The third kappa shape index (κ3) is 8.46. The molecule has 2 aromatic heterocycles. The molecular formula is C26H41FN5O10P. The Kier molecular flexibility index (Phi) is 11.6. The molecule has 1 saturated heterocycles. The van der Waals surface area contributed by atoms with Crippen LogP contribution >= 0.6 is 7.75 Å². The summed E-state index contributed by atoms with van der Waals surface area (Å²) in [5.41, 5.74) is -1.93. The molecule has 2 unspecified atom stereocenters. The summed E-state index contributed by atoms with van der Waals surface area (Å²) in [7, 11) is -3.08. The number of fused-ring (bicyclic) bond motifs is 1. The fourth-order valence-electron chi connectivity index (χ4n) is 4.46. The van der Waals surface area contributed by atoms with Gasteiger partial charge in [0, 0.05) is 0 Å². The van der Waals surface area contributed by atoms with E-state index in [1.165, 1.54) is 18.0 Å². The molecule has 2 N–H and O–H groups in total. The first kappa shape index (κ1) is 34.7. The predicted octanol–water partition coefficient (Wildman–Crippen LogP) is 2.79. The number of carbonyl (C=O) groups excluding carboxylic acids is 2. The highest BCUT2D eigenvalue weighted by atomic mass is 31.2. The first-order valence-corrected chi connectivity index (χ1v) is 15.5. The van der Waals surface area contributed by atoms with Crippen molar-refractivity contribution in [3.63, 3.8) is 0 Å². The number of nitrogens with zero attached hydrogens (tertiary/aromatic N) is 4. The number of esters is 2. The van der Waals surface area contributed by atoms with Gasteiger partial charge in [-0.05, 0) is 47.0 Å². The minimum absolute atomic E-state index is 0.0419. The van der Waals surface area contributed by atoms with Gasteiger partial charge in [0.1, 0.15) is 24.1 Å². The minimum Gasteiger partial charge on any atom is -0.479 e. The molecule has 0 amide bonds. The number of aliphatic hydroxyl groups excluding tert-OH is 1. The zero-order valence-corrected chi connectivity index (χ0v) is 26.5. The normalized spacial score (nSPS) is 24.3. The second-order valence-electron chi connectivity index (χ2n) is 10.9. The van der Waals surface area contributed by atoms with Crippen LogP contribution in [0.15, 0.2) is 6.33 Å². The molecule has 3 heterocycles. The number of aliphatic hydroxyl groups is 1. The number of ether oxygens (including phenoxy) is 4. The van der Waals surface area contributed by atoms with Crippen LogP contribution < -0.4 is 9.82 Å². The Bertz CT molecular complexity index is 1320. The highest BCUT2D eigenvalue weighted by Crippen LogP contribution is 2.48. The lowest BCUT2D eigenvalue weighted by atomic mass is 9.98. The molecule has 242 valence electrons. The molecule has 0 saturated carbocycles. The van der Waals surface area contributed by atoms with E-state index in [1.807, 2.05) is 13.8 Å². The molecule has 1 aliphatic rings. The molecule has 0 bridgehead atoms. The van der Waals surface area contributed by atoms with Gasteiger partial charge in [-0.2, -0.15) is 4.98 Å². The number of nitrogens with one attached hydrogen (secondary N) is 1. The lowest BCUT2D eigenvalue weighted by Crippen LogP contribution is -2.42. The van der Waals surface area contributed by atoms with Gasteiger partial charge in [-0.1, -0.05) is 13.8 Å². The number of imidazole rings is 1. The number of aromatic nitrogens is 4. The quantitative estimate of drug-likeness (QED) is 0.216. The third-order valence-corrected chi connectivity index (χ3v) is 7.97. The molecular weight excluding hydrogens is 592 g/mol. The fourth-order valence-corrected chi connectivity index (χ4v) is 5.90. The van der Waals surface area contributed by atoms with E-state index >= 15 is 4.39 Å². The molecule has 0 aliphatic carbocycles. The maximum Gasteiger partial charge on any atom is 0.406 e. The smallest absolute Gasteiger partial charge is 0.406 e. The van der Waals surface area contributed by atoms with Gasteiger partial charge in [-0.25, -0.2) is 28.8 Å². The van der Waals surface area contributed by atoms with E-state index in [0.717, 1.165) is 6.92 Å². The summed E-state index contributed by atoms with van der Waals surface area (Å²) in [4.78, 5) is 37.5. The Balaban J connectivity index is 1.86. The predicted molar refractivity (Wildman–Crippen MR) is 150 cm³/mol. The van der Waals surface area contributed by atoms with Crippen LogP contribution in [0.1, 0.15) is 60.0 Å². The number of halogens is 1. The second kappa shape index (κ2) is 14.4. The second-order valence-corrected chi connectivity index (χ2v) is 12.7. The standard InChI is InChI=1S/C26H41FN5O10P/c1-9-38-19(33)12-40-43(36,31-17(10-14(2)3)24(35)41-15(4)5)39-11-18-21(34)26(7,27)25(42-18)32-13-28-20-22(32)29-16(6)30-23(20)37-8/h13-15,17-18,21,25,34H,9-12H2,1-8H3,(H,31,36)/t17-,18+,21?,25+,26-,43?/m0/s1. The summed E-state index contributed by atoms with van der Waals surface area (Å²) in [6.07, 6.45) is -3.55. The summed E-state index contributed by atoms with van der Waals surface area (Å²) < 4.78 is 63.4. The summed E-state index contributed by atoms with van der Waals surface area (Å²) in [6, 6.07) is -1.14. The van der Waals surface area contributed by atoms with Crippen LogP contribution in [0.25, 0.3) is 11.2 Å². The number of aryl methyl sites for hydroxylation is 1. The Labute approximate surface area is 249 Å². The van der Waals surface area contributed by atoms with Crippen LogP contribution in [0.4, 0.5) is 4.39 Å².